The van der Waals surface area contributed by atoms with Gasteiger partial charge in [0.15, 0.2) is 0 Å². The van der Waals surface area contributed by atoms with Crippen LogP contribution in [-0.4, -0.2) is 5.11 Å². The lowest BCUT2D eigenvalue weighted by molar-refractivity contribution is 0.248. The van der Waals surface area contributed by atoms with E-state index in [0.717, 1.165) is 19.3 Å². The molecule has 0 amide bonds. The molecular weight excluding hydrogens is 292 g/mol. The number of aliphatic hydroxyl groups excluding tert-OH is 1. The van der Waals surface area contributed by atoms with Gasteiger partial charge in [0.25, 0.3) is 0 Å². The van der Waals surface area contributed by atoms with E-state index in [2.05, 4.69) is 64.1 Å². The lowest BCUT2D eigenvalue weighted by atomic mass is 9.75. The normalized spacial score (nSPS) is 16.9. The third-order valence-electron chi connectivity index (χ3n) is 5.70. The zero-order valence-electron chi connectivity index (χ0n) is 15.3. The monoisotopic (exact) mass is 320 g/mol. The van der Waals surface area contributed by atoms with Crippen molar-refractivity contribution in [3.63, 3.8) is 0 Å². The van der Waals surface area contributed by atoms with Crippen LogP contribution in [0.3, 0.4) is 0 Å². The second kappa shape index (κ2) is 6.84. The summed E-state index contributed by atoms with van der Waals surface area (Å²) < 4.78 is 0. The van der Waals surface area contributed by atoms with Crippen molar-refractivity contribution in [3.05, 3.63) is 64.4 Å². The lowest BCUT2D eigenvalue weighted by Gasteiger charge is -2.31. The first kappa shape index (κ1) is 16.8. The highest BCUT2D eigenvalue weighted by Crippen LogP contribution is 2.41. The maximum Gasteiger partial charge on any atom is 0.0965 e. The quantitative estimate of drug-likeness (QED) is 0.683. The van der Waals surface area contributed by atoms with Gasteiger partial charge in [-0.2, -0.15) is 0 Å². The van der Waals surface area contributed by atoms with Crippen molar-refractivity contribution < 1.29 is 5.11 Å². The number of benzene rings is 2. The Labute approximate surface area is 146 Å². The summed E-state index contributed by atoms with van der Waals surface area (Å²) >= 11 is 0. The van der Waals surface area contributed by atoms with Crippen molar-refractivity contribution in [2.75, 3.05) is 0 Å². The van der Waals surface area contributed by atoms with Crippen LogP contribution in [0.5, 0.6) is 0 Å². The number of rotatable bonds is 4. The third kappa shape index (κ3) is 2.88. The van der Waals surface area contributed by atoms with Gasteiger partial charge >= 0.3 is 0 Å². The molecule has 0 spiro atoms. The Bertz CT molecular complexity index is 766. The first-order chi connectivity index (χ1) is 11.6. The molecule has 1 aliphatic carbocycles. The van der Waals surface area contributed by atoms with Gasteiger partial charge in [0, 0.05) is 5.92 Å². The Morgan fingerprint density at radius 3 is 2.38 bits per heavy atom. The van der Waals surface area contributed by atoms with Crippen molar-refractivity contribution in [2.45, 2.75) is 47.0 Å². The molecule has 0 heterocycles. The van der Waals surface area contributed by atoms with E-state index in [9.17, 15) is 5.11 Å². The predicted molar refractivity (Wildman–Crippen MR) is 103 cm³/mol. The molecular formula is C23H28O. The molecule has 1 N–H and O–H groups in total. The zero-order chi connectivity index (χ0) is 17.3. The van der Waals surface area contributed by atoms with Gasteiger partial charge in [-0.05, 0) is 65.6 Å². The van der Waals surface area contributed by atoms with E-state index in [0.29, 0.717) is 11.7 Å². The number of allylic oxidation sites excluding steroid dienone is 1. The summed E-state index contributed by atoms with van der Waals surface area (Å²) in [4.78, 5) is 0. The van der Waals surface area contributed by atoms with Crippen LogP contribution in [-0.2, 0) is 6.42 Å². The smallest absolute Gasteiger partial charge is 0.0965 e. The molecule has 0 saturated heterocycles. The van der Waals surface area contributed by atoms with Crippen LogP contribution in [0.15, 0.2) is 42.2 Å². The Hall–Kier alpha value is -2.02. The number of hydrogen-bond acceptors (Lipinski definition) is 1. The highest BCUT2D eigenvalue weighted by molar-refractivity contribution is 5.79. The number of aliphatic hydroxyl groups is 1. The van der Waals surface area contributed by atoms with Crippen molar-refractivity contribution >= 4 is 6.08 Å². The fraction of sp³-hybridized carbons (Fsp3) is 0.391. The number of aryl methyl sites for hydroxylation is 2. The molecule has 3 rings (SSSR count). The van der Waals surface area contributed by atoms with Gasteiger partial charge in [-0.3, -0.25) is 0 Å². The molecule has 0 fully saturated rings. The average molecular weight is 320 g/mol. The Morgan fingerprint density at radius 2 is 1.71 bits per heavy atom. The van der Waals surface area contributed by atoms with E-state index in [-0.39, 0.29) is 5.92 Å². The molecule has 0 radical (unpaired) electrons. The number of hydrogen-bond donors (Lipinski definition) is 1. The van der Waals surface area contributed by atoms with E-state index in [1.165, 1.54) is 33.4 Å². The van der Waals surface area contributed by atoms with Gasteiger partial charge in [-0.15, -0.1) is 0 Å². The summed E-state index contributed by atoms with van der Waals surface area (Å²) in [7, 11) is 0. The standard InChI is InChI=1S/C23H28O/c1-5-17(6-2)20-14-21-18(13-22(20)24)12-11-16(4)23(21)19-10-8-7-9-15(19)3/h7-13,17,20,24H,5-6,14H2,1-4H3. The molecule has 1 atom stereocenters. The second-order valence-corrected chi connectivity index (χ2v) is 7.10. The molecule has 0 bridgehead atoms. The summed E-state index contributed by atoms with van der Waals surface area (Å²) in [6, 6.07) is 13.0. The van der Waals surface area contributed by atoms with Crippen molar-refractivity contribution in [1.29, 1.82) is 0 Å². The SMILES string of the molecule is CCC(CC)C1Cc2c(ccc(C)c2-c2ccccc2C)C=C1O. The predicted octanol–water partition coefficient (Wildman–Crippen LogP) is 6.48. The molecule has 24 heavy (non-hydrogen) atoms. The molecule has 126 valence electrons. The Balaban J connectivity index is 2.16. The summed E-state index contributed by atoms with van der Waals surface area (Å²) in [5, 5.41) is 10.6. The molecule has 0 aliphatic heterocycles. The second-order valence-electron chi connectivity index (χ2n) is 7.10. The topological polar surface area (TPSA) is 20.2 Å². The highest BCUT2D eigenvalue weighted by Gasteiger charge is 2.29. The van der Waals surface area contributed by atoms with Crippen molar-refractivity contribution in [2.24, 2.45) is 11.8 Å². The van der Waals surface area contributed by atoms with Crippen molar-refractivity contribution in [3.8, 4) is 11.1 Å². The Morgan fingerprint density at radius 1 is 1.00 bits per heavy atom. The van der Waals surface area contributed by atoms with E-state index >= 15 is 0 Å². The summed E-state index contributed by atoms with van der Waals surface area (Å²) in [5.74, 6) is 1.35. The summed E-state index contributed by atoms with van der Waals surface area (Å²) in [6.07, 6.45) is 5.16. The molecule has 1 unspecified atom stereocenters. The largest absolute Gasteiger partial charge is 0.512 e. The average Bonchev–Trinajstić information content (AvgIpc) is 2.58. The molecule has 0 aromatic heterocycles. The number of fused-ring (bicyclic) bond motifs is 1. The van der Waals surface area contributed by atoms with Crippen LogP contribution in [0.2, 0.25) is 0 Å². The van der Waals surface area contributed by atoms with Crippen molar-refractivity contribution in [1.82, 2.24) is 0 Å². The minimum Gasteiger partial charge on any atom is -0.512 e. The zero-order valence-corrected chi connectivity index (χ0v) is 15.3. The molecule has 1 nitrogen and oxygen atoms in total. The van der Waals surface area contributed by atoms with E-state index in [1.54, 1.807) is 0 Å². The van der Waals surface area contributed by atoms with Crippen LogP contribution in [0, 0.1) is 25.7 Å². The fourth-order valence-corrected chi connectivity index (χ4v) is 4.22. The third-order valence-corrected chi connectivity index (χ3v) is 5.70. The first-order valence-corrected chi connectivity index (χ1v) is 9.15. The van der Waals surface area contributed by atoms with Gasteiger partial charge < -0.3 is 5.11 Å². The van der Waals surface area contributed by atoms with Gasteiger partial charge in [-0.25, -0.2) is 0 Å². The Kier molecular flexibility index (Phi) is 4.80. The van der Waals surface area contributed by atoms with Gasteiger partial charge in [-0.1, -0.05) is 63.1 Å². The minimum absolute atomic E-state index is 0.247. The summed E-state index contributed by atoms with van der Waals surface area (Å²) in [6.45, 7) is 8.85. The van der Waals surface area contributed by atoms with Gasteiger partial charge in [0.1, 0.15) is 0 Å². The maximum absolute atomic E-state index is 10.6. The molecule has 0 saturated carbocycles. The fourth-order valence-electron chi connectivity index (χ4n) is 4.22. The van der Waals surface area contributed by atoms with Gasteiger partial charge in [0.05, 0.1) is 5.76 Å². The molecule has 1 heteroatoms. The molecule has 1 aliphatic rings. The van der Waals surface area contributed by atoms with E-state index in [4.69, 9.17) is 0 Å². The molecule has 2 aromatic carbocycles. The van der Waals surface area contributed by atoms with E-state index in [1.807, 2.05) is 6.08 Å². The maximum atomic E-state index is 10.6. The van der Waals surface area contributed by atoms with Crippen LogP contribution < -0.4 is 0 Å². The molecule has 2 aromatic rings. The minimum atomic E-state index is 0.247. The van der Waals surface area contributed by atoms with Crippen LogP contribution in [0.25, 0.3) is 17.2 Å². The van der Waals surface area contributed by atoms with E-state index < -0.39 is 0 Å². The highest BCUT2D eigenvalue weighted by atomic mass is 16.3. The van der Waals surface area contributed by atoms with Crippen LogP contribution in [0.1, 0.15) is 48.9 Å². The van der Waals surface area contributed by atoms with Crippen LogP contribution >= 0.6 is 0 Å². The first-order valence-electron chi connectivity index (χ1n) is 9.15. The lowest BCUT2D eigenvalue weighted by Crippen LogP contribution is -2.22. The van der Waals surface area contributed by atoms with Gasteiger partial charge in [0.2, 0.25) is 0 Å². The summed E-state index contributed by atoms with van der Waals surface area (Å²) in [5.41, 5.74) is 7.90. The van der Waals surface area contributed by atoms with Crippen LogP contribution in [0.4, 0.5) is 0 Å².